The molecule has 0 fully saturated rings. The Morgan fingerprint density at radius 2 is 1.23 bits per heavy atom. The summed E-state index contributed by atoms with van der Waals surface area (Å²) in [5, 5.41) is 0. The molecule has 0 unspecified atom stereocenters. The zero-order valence-electron chi connectivity index (χ0n) is 40.1. The summed E-state index contributed by atoms with van der Waals surface area (Å²) in [5.41, 5.74) is 19.6. The molecule has 3 heterocycles. The zero-order valence-corrected chi connectivity index (χ0v) is 40.1. The molecule has 64 heavy (non-hydrogen) atoms. The van der Waals surface area contributed by atoms with Gasteiger partial charge in [0.25, 0.3) is 6.33 Å². The first-order valence-electron chi connectivity index (χ1n) is 22.8. The minimum absolute atomic E-state index is 0.0343. The molecular formula is C58H62BN4O+. The lowest BCUT2D eigenvalue weighted by atomic mass is 9.34. The Morgan fingerprint density at radius 1 is 0.562 bits per heavy atom. The molecule has 0 aliphatic carbocycles. The fraction of sp³-hybridized carbons (Fsp3) is 0.276. The average Bonchev–Trinajstić information content (AvgIpc) is 3.61. The van der Waals surface area contributed by atoms with Crippen molar-refractivity contribution >= 4 is 51.3 Å². The molecule has 0 spiro atoms. The van der Waals surface area contributed by atoms with E-state index in [2.05, 4.69) is 238 Å². The number of hydrogen-bond donors (Lipinski definition) is 0. The number of anilines is 3. The molecule has 5 nitrogen and oxygen atoms in total. The first-order valence-corrected chi connectivity index (χ1v) is 22.8. The smallest absolute Gasteiger partial charge is 0.255 e. The van der Waals surface area contributed by atoms with Crippen LogP contribution in [0, 0.1) is 27.7 Å². The van der Waals surface area contributed by atoms with E-state index < -0.39 is 0 Å². The Balaban J connectivity index is 1.17. The van der Waals surface area contributed by atoms with E-state index in [0.717, 1.165) is 45.4 Å². The number of hydrogen-bond acceptors (Lipinski definition) is 3. The van der Waals surface area contributed by atoms with Crippen molar-refractivity contribution in [2.45, 2.75) is 106 Å². The quantitative estimate of drug-likeness (QED) is 0.124. The van der Waals surface area contributed by atoms with Gasteiger partial charge < -0.3 is 4.74 Å². The number of ether oxygens (including phenoxy) is 1. The largest absolute Gasteiger partial charge is 0.457 e. The lowest BCUT2D eigenvalue weighted by molar-refractivity contribution is -0.569. The van der Waals surface area contributed by atoms with Crippen LogP contribution < -0.4 is 30.6 Å². The third kappa shape index (κ3) is 7.71. The van der Waals surface area contributed by atoms with E-state index in [1.54, 1.807) is 0 Å². The van der Waals surface area contributed by atoms with Gasteiger partial charge in [0.2, 0.25) is 6.71 Å². The number of fused-ring (bicyclic) bond motifs is 3. The van der Waals surface area contributed by atoms with Gasteiger partial charge in [0.1, 0.15) is 28.7 Å². The molecule has 2 aromatic heterocycles. The fourth-order valence-corrected chi connectivity index (χ4v) is 9.90. The van der Waals surface area contributed by atoms with Gasteiger partial charge in [-0.2, -0.15) is 9.13 Å². The second kappa shape index (κ2) is 15.7. The van der Waals surface area contributed by atoms with E-state index in [-0.39, 0.29) is 23.0 Å². The van der Waals surface area contributed by atoms with Crippen LogP contribution in [-0.4, -0.2) is 16.3 Å². The molecule has 1 aliphatic heterocycles. The van der Waals surface area contributed by atoms with Gasteiger partial charge in [-0.1, -0.05) is 151 Å². The third-order valence-electron chi connectivity index (χ3n) is 13.1. The molecule has 6 heteroatoms. The van der Waals surface area contributed by atoms with Crippen molar-refractivity contribution in [1.82, 2.24) is 9.55 Å². The fourth-order valence-electron chi connectivity index (χ4n) is 9.90. The van der Waals surface area contributed by atoms with Crippen LogP contribution in [0.2, 0.25) is 0 Å². The van der Waals surface area contributed by atoms with Gasteiger partial charge in [0, 0.05) is 35.3 Å². The van der Waals surface area contributed by atoms with Crippen molar-refractivity contribution in [2.24, 2.45) is 0 Å². The van der Waals surface area contributed by atoms with Crippen LogP contribution in [0.5, 0.6) is 11.5 Å². The lowest BCUT2D eigenvalue weighted by Crippen LogP contribution is -2.58. The number of pyridine rings is 1. The van der Waals surface area contributed by atoms with Gasteiger partial charge in [-0.15, -0.1) is 0 Å². The molecule has 9 rings (SSSR count). The highest BCUT2D eigenvalue weighted by Gasteiger charge is 2.38. The van der Waals surface area contributed by atoms with E-state index in [9.17, 15) is 0 Å². The third-order valence-corrected chi connectivity index (χ3v) is 13.1. The van der Waals surface area contributed by atoms with Crippen LogP contribution in [0.25, 0.3) is 22.4 Å². The van der Waals surface area contributed by atoms with Crippen LogP contribution in [-0.2, 0) is 16.2 Å². The average molecular weight is 842 g/mol. The summed E-state index contributed by atoms with van der Waals surface area (Å²) in [6.07, 6.45) is 4.20. The number of aromatic nitrogens is 3. The maximum Gasteiger partial charge on any atom is 0.255 e. The van der Waals surface area contributed by atoms with Crippen molar-refractivity contribution in [1.29, 1.82) is 0 Å². The normalized spacial score (nSPS) is 13.0. The van der Waals surface area contributed by atoms with E-state index in [4.69, 9.17) is 9.72 Å². The first kappa shape index (κ1) is 42.9. The summed E-state index contributed by atoms with van der Waals surface area (Å²) < 4.78 is 11.6. The molecule has 1 aliphatic rings. The highest BCUT2D eigenvalue weighted by Crippen LogP contribution is 2.40. The topological polar surface area (TPSA) is 34.2 Å². The van der Waals surface area contributed by atoms with Crippen molar-refractivity contribution in [3.8, 4) is 22.9 Å². The molecular weight excluding hydrogens is 779 g/mol. The summed E-state index contributed by atoms with van der Waals surface area (Å²) in [6.45, 7) is 29.6. The lowest BCUT2D eigenvalue weighted by Gasteiger charge is -2.37. The van der Waals surface area contributed by atoms with E-state index in [1.165, 1.54) is 61.0 Å². The Bertz CT molecular complexity index is 3080. The zero-order chi connectivity index (χ0) is 45.5. The summed E-state index contributed by atoms with van der Waals surface area (Å²) >= 11 is 0. The number of nitrogens with zero attached hydrogens (tertiary/aromatic N) is 4. The minimum Gasteiger partial charge on any atom is -0.457 e. The Morgan fingerprint density at radius 3 is 1.95 bits per heavy atom. The Hall–Kier alpha value is -6.40. The van der Waals surface area contributed by atoms with Crippen molar-refractivity contribution < 1.29 is 9.30 Å². The summed E-state index contributed by atoms with van der Waals surface area (Å²) in [6, 6.07) is 46.5. The van der Waals surface area contributed by atoms with Gasteiger partial charge in [0.05, 0.1) is 0 Å². The van der Waals surface area contributed by atoms with Crippen LogP contribution in [0.1, 0.15) is 101 Å². The molecule has 0 saturated heterocycles. The first-order chi connectivity index (χ1) is 30.3. The number of aryl methyl sites for hydroxylation is 4. The van der Waals surface area contributed by atoms with Gasteiger partial charge in [0.15, 0.2) is 11.0 Å². The number of rotatable bonds is 6. The molecule has 8 aromatic rings. The maximum absolute atomic E-state index is 6.93. The highest BCUT2D eigenvalue weighted by molar-refractivity contribution is 6.98. The summed E-state index contributed by atoms with van der Waals surface area (Å²) in [4.78, 5) is 7.38. The van der Waals surface area contributed by atoms with Crippen molar-refractivity contribution in [3.05, 3.63) is 179 Å². The molecule has 322 valence electrons. The van der Waals surface area contributed by atoms with E-state index >= 15 is 0 Å². The molecule has 0 saturated carbocycles. The van der Waals surface area contributed by atoms with Gasteiger partial charge in [-0.3, -0.25) is 4.90 Å². The standard InChI is InChI=1S/C58H62BN4O/c1-37-29-38(2)54(39(3)30-37)59-47-21-14-15-22-49(47)63(53-33-41(27-28-60-53)56(5,6)7)52-35-45(25-26-48(52)59)64-44-20-18-19-43(34-44)61-36-62(51-24-17-16-23-50(51)61)55-40(4)31-42(57(8,9)10)32-46(55)58(11,12)13/h14-36H,1-13H3/q+1. The molecule has 6 aromatic carbocycles. The van der Waals surface area contributed by atoms with Gasteiger partial charge >= 0.3 is 0 Å². The SMILES string of the molecule is Cc1cc(C)c(B2c3ccccc3N(c3cc(C(C)(C)C)ccn3)c3cc(Oc4cccc(-n5c[n+](-c6c(C)cc(C(C)(C)C)cc6C(C)(C)C)c6ccccc65)c4)ccc32)c(C)c1. The van der Waals surface area contributed by atoms with E-state index in [1.807, 2.05) is 6.20 Å². The second-order valence-corrected chi connectivity index (χ2v) is 21.1. The van der Waals surface area contributed by atoms with E-state index in [0.29, 0.717) is 0 Å². The minimum atomic E-state index is -0.0683. The van der Waals surface area contributed by atoms with Crippen LogP contribution in [0.3, 0.4) is 0 Å². The van der Waals surface area contributed by atoms with Crippen LogP contribution >= 0.6 is 0 Å². The predicted octanol–water partition coefficient (Wildman–Crippen LogP) is 12.5. The second-order valence-electron chi connectivity index (χ2n) is 21.1. The maximum atomic E-state index is 6.93. The van der Waals surface area contributed by atoms with Crippen LogP contribution in [0.15, 0.2) is 140 Å². The molecule has 0 amide bonds. The molecule has 0 N–H and O–H groups in total. The number of benzene rings is 6. The van der Waals surface area contributed by atoms with Gasteiger partial charge in [-0.05, 0) is 120 Å². The summed E-state index contributed by atoms with van der Waals surface area (Å²) in [5.74, 6) is 2.42. The molecule has 0 bridgehead atoms. The highest BCUT2D eigenvalue weighted by atomic mass is 16.5. The van der Waals surface area contributed by atoms with Crippen molar-refractivity contribution in [3.63, 3.8) is 0 Å². The monoisotopic (exact) mass is 842 g/mol. The molecule has 0 radical (unpaired) electrons. The van der Waals surface area contributed by atoms with Crippen LogP contribution in [0.4, 0.5) is 17.2 Å². The Labute approximate surface area is 381 Å². The Kier molecular flexibility index (Phi) is 10.5. The predicted molar refractivity (Wildman–Crippen MR) is 270 cm³/mol. The number of para-hydroxylation sites is 3. The van der Waals surface area contributed by atoms with Gasteiger partial charge in [-0.25, -0.2) is 4.98 Å². The number of imidazole rings is 1. The summed E-state index contributed by atoms with van der Waals surface area (Å²) in [7, 11) is 0. The van der Waals surface area contributed by atoms with Crippen molar-refractivity contribution in [2.75, 3.05) is 4.90 Å². The molecule has 0 atom stereocenters.